The molecule has 24 heteroatoms. The van der Waals surface area contributed by atoms with Crippen LogP contribution in [0.3, 0.4) is 0 Å². The van der Waals surface area contributed by atoms with E-state index in [9.17, 15) is 22.8 Å². The Kier molecular flexibility index (Phi) is 42.2. The Morgan fingerprint density at radius 3 is 1.28 bits per heavy atom. The minimum Gasteiger partial charge on any atom is -3.00 e. The fraction of sp³-hybridized carbons (Fsp3) is 0.152. The number of halogens is 3. The Morgan fingerprint density at radius 1 is 0.500 bits per heavy atom. The Hall–Kier alpha value is -9.26. The fourth-order valence-corrected chi connectivity index (χ4v) is 12.8. The van der Waals surface area contributed by atoms with Crippen LogP contribution in [0.15, 0.2) is 285 Å². The van der Waals surface area contributed by atoms with Crippen LogP contribution in [0.1, 0.15) is 85.5 Å². The van der Waals surface area contributed by atoms with E-state index in [1.165, 1.54) is 141 Å². The smallest absolute Gasteiger partial charge is 1.00 e. The summed E-state index contributed by atoms with van der Waals surface area (Å²) >= 11 is 0. The maximum atomic E-state index is 10.7. The average Bonchev–Trinajstić information content (AvgIpc) is 1.60. The van der Waals surface area contributed by atoms with Crippen LogP contribution in [0.25, 0.3) is 110 Å². The van der Waals surface area contributed by atoms with Crippen LogP contribution in [0.2, 0.25) is 0 Å². The Balaban J connectivity index is 0.000000487. The summed E-state index contributed by atoms with van der Waals surface area (Å²) in [5, 5.41) is 38.3. The normalized spacial score (nSPS) is 11.5. The number of pyridine rings is 4. The van der Waals surface area contributed by atoms with Crippen LogP contribution >= 0.6 is 0 Å². The van der Waals surface area contributed by atoms with Crippen molar-refractivity contribution in [3.63, 3.8) is 0 Å². The van der Waals surface area contributed by atoms with Crippen molar-refractivity contribution in [3.05, 3.63) is 326 Å². The largest absolute Gasteiger partial charge is 3.00 e. The molecule has 2 aliphatic carbocycles. The van der Waals surface area contributed by atoms with E-state index >= 15 is 0 Å². The first kappa shape index (κ1) is 101. The second kappa shape index (κ2) is 48.4. The summed E-state index contributed by atoms with van der Waals surface area (Å²) in [5.74, 6) is 0.125. The van der Waals surface area contributed by atoms with Gasteiger partial charge in [-0.15, -0.1) is 101 Å². The molecule has 0 saturated carbocycles. The van der Waals surface area contributed by atoms with Gasteiger partial charge in [-0.2, -0.15) is 13.2 Å². The molecule has 4 aromatic heterocycles. The molecule has 0 aliphatic heterocycles. The van der Waals surface area contributed by atoms with Gasteiger partial charge in [0, 0.05) is 41.2 Å². The van der Waals surface area contributed by atoms with Gasteiger partial charge in [-0.1, -0.05) is 191 Å². The predicted molar refractivity (Wildman–Crippen MR) is 438 cm³/mol. The minimum absolute atomic E-state index is 0. The van der Waals surface area contributed by atoms with Crippen LogP contribution in [0.4, 0.5) is 13.2 Å². The van der Waals surface area contributed by atoms with Crippen LogP contribution in [0.5, 0.6) is 0 Å². The summed E-state index contributed by atoms with van der Waals surface area (Å²) < 4.78 is 58.9. The first-order valence-corrected chi connectivity index (χ1v) is 36.4. The molecule has 2 aliphatic rings. The number of hydrogen-bond donors (Lipinski definition) is 1. The van der Waals surface area contributed by atoms with Gasteiger partial charge in [0.2, 0.25) is 0 Å². The first-order chi connectivity index (χ1) is 53.6. The second-order valence-corrected chi connectivity index (χ2v) is 27.3. The number of fused-ring (bicyclic) bond motifs is 12. The summed E-state index contributed by atoms with van der Waals surface area (Å²) in [6.07, 6.45) is 8.80. The molecule has 0 unspecified atom stereocenters. The van der Waals surface area contributed by atoms with Gasteiger partial charge < -0.3 is 86.6 Å². The van der Waals surface area contributed by atoms with E-state index in [0.717, 1.165) is 39.5 Å². The third kappa shape index (κ3) is 26.9. The van der Waals surface area contributed by atoms with Crippen molar-refractivity contribution in [2.75, 3.05) is 14.2 Å². The summed E-state index contributed by atoms with van der Waals surface area (Å²) in [5.41, 5.74) is 13.5. The van der Waals surface area contributed by atoms with Crippen molar-refractivity contribution in [3.8, 4) is 67.3 Å². The monoisotopic (exact) mass is 1960 g/mol. The van der Waals surface area contributed by atoms with Gasteiger partial charge in [-0.3, -0.25) is 24.2 Å². The van der Waals surface area contributed by atoms with E-state index in [-0.39, 0.29) is 148 Å². The van der Waals surface area contributed by atoms with Crippen LogP contribution in [0, 0.1) is 18.2 Å². The summed E-state index contributed by atoms with van der Waals surface area (Å²) in [7, 11) is -3.59. The van der Waals surface area contributed by atoms with Gasteiger partial charge in [0.15, 0.2) is 10.1 Å². The average molecular weight is 1960 g/mol. The number of Topliss-reactive ketones (excluding diaryl/α,β-unsaturated/α-hetero) is 2. The topological polar surface area (TPSA) is 280 Å². The maximum absolute atomic E-state index is 10.7. The molecule has 0 spiro atoms. The third-order valence-electron chi connectivity index (χ3n) is 17.5. The van der Waals surface area contributed by atoms with Gasteiger partial charge in [0.25, 0.3) is 6.47 Å². The molecule has 16 nitrogen and oxygen atoms in total. The molecule has 0 saturated heterocycles. The van der Waals surface area contributed by atoms with E-state index < -0.39 is 15.6 Å². The van der Waals surface area contributed by atoms with Gasteiger partial charge >= 0.3 is 70.4 Å². The van der Waals surface area contributed by atoms with Crippen molar-refractivity contribution in [1.29, 1.82) is 0 Å². The quantitative estimate of drug-likeness (QED) is 0.0121. The van der Waals surface area contributed by atoms with Crippen molar-refractivity contribution in [1.82, 2.24) is 19.9 Å². The number of benzene rings is 10. The second-order valence-electron chi connectivity index (χ2n) is 25.9. The first-order valence-electron chi connectivity index (χ1n) is 35.0. The number of ketones is 3. The van der Waals surface area contributed by atoms with Crippen molar-refractivity contribution >= 4 is 77.0 Å². The van der Waals surface area contributed by atoms with Gasteiger partial charge in [0.05, 0.1) is 30.9 Å². The van der Waals surface area contributed by atoms with Gasteiger partial charge in [-0.05, 0) is 145 Å². The van der Waals surface area contributed by atoms with Gasteiger partial charge in [0.1, 0.15) is 25.8 Å². The maximum Gasteiger partial charge on any atom is 1.00 e. The molecule has 10 aromatic carbocycles. The molecule has 0 radical (unpaired) electrons. The van der Waals surface area contributed by atoms with Crippen molar-refractivity contribution in [2.45, 2.75) is 78.1 Å². The predicted octanol–water partition coefficient (Wildman–Crippen LogP) is 12.5. The summed E-state index contributed by atoms with van der Waals surface area (Å²) in [4.78, 5) is 57.7. The molecular weight excluding hydrogens is 1870 g/mol. The number of allylic oxidation sites excluding steroid dienone is 2. The van der Waals surface area contributed by atoms with E-state index in [1.54, 1.807) is 12.4 Å². The molecule has 0 atom stereocenters. The Labute approximate surface area is 746 Å². The van der Waals surface area contributed by atoms with Crippen molar-refractivity contribution < 1.29 is 172 Å². The van der Waals surface area contributed by atoms with E-state index in [0.29, 0.717) is 0 Å². The molecule has 16 rings (SSSR count). The SMILES string of the molecule is CC(=O)CC(C)=O.CC(=[OH+])C=C(C)O.CC1(C)c2c[c-]c(-c3nccc4c3ccc3ccccc34)cc2-c2ccccc21.CC1(C)c2ccccc2-c2cc(-c3nccc4c3ccc3ccccc34)ccc21.C[OH2+].C[OH2+].O=CO[O-].O=S(=O)([O-])C(F)(F)F.[H-].[Ir-3].[Ir-3].[Na+].[Na+].[c-]1ccccc1-c1ccccn1.[c-]1ccccc1-c1ccccn1. The third-order valence-corrected chi connectivity index (χ3v) is 18.1. The molecule has 0 bridgehead atoms. The zero-order chi connectivity index (χ0) is 81.8. The number of carbonyl (C=O) groups excluding carboxylic acids is 4. The molecule has 4 heterocycles. The molecule has 0 amide bonds. The Morgan fingerprint density at radius 2 is 0.897 bits per heavy atom. The van der Waals surface area contributed by atoms with Crippen LogP contribution in [-0.2, 0) is 80.4 Å². The molecule has 600 valence electrons. The number of nitrogens with zero attached hydrogens (tertiary/aromatic N) is 4. The standard InChI is InChI=1S/C28H21N.C28H20N.2C11H8N.2C5H8O2.CHF3O3S.CH2O3.2CH4O.2Ir.2Na.H/c2*1-28(2)25-10-6-5-9-22(25)24-17-19(12-14-26(24)28)27-23-13-11-18-7-3-4-8-20(18)21(23)15-16-29-27;2*1-2-6-10(7-3-1)11-8-4-5-9-12-11;2*1-4(6)3-5(2)7;2-1(3,4)8(5,6)7;2-1-4-3;2*1-2;;;;;/h3-17H,1-2H3;3-11,13-17H,1-2H3;2*1-6,8-9H;3H2,1-2H3;3,6H,1-2H3;(H,5,6,7);1,3H;2*2H,1H3;;;;;/q;3*-1;;;;;;;2*-3;2*+1;-1/p+1. The summed E-state index contributed by atoms with van der Waals surface area (Å²) in [6, 6.07) is 96.2. The van der Waals surface area contributed by atoms with E-state index in [2.05, 4.69) is 225 Å². The summed E-state index contributed by atoms with van der Waals surface area (Å²) in [6.45, 7) is 14.9. The van der Waals surface area contributed by atoms with E-state index in [1.807, 2.05) is 97.3 Å². The molecular formula is C92H86F3Ir2N4Na2O12S-7. The number of aromatic nitrogens is 4. The van der Waals surface area contributed by atoms with Crippen molar-refractivity contribution in [2.24, 2.45) is 0 Å². The number of aliphatic hydroxyl groups excluding tert-OH is 1. The zero-order valence-corrected chi connectivity index (χ0v) is 75.6. The molecule has 116 heavy (non-hydrogen) atoms. The number of aliphatic hydroxyl groups is 1. The van der Waals surface area contributed by atoms with Crippen LogP contribution in [-0.4, -0.2) is 96.6 Å². The zero-order valence-electron chi connectivity index (χ0n) is 67.0. The number of carbonyl (C=O) groups is 3. The number of hydrogen-bond acceptors (Lipinski definition) is 13. The number of alkyl halides is 3. The molecule has 6 N–H and O–H groups in total. The Bertz CT molecular complexity index is 5300. The van der Waals surface area contributed by atoms with Crippen LogP contribution < -0.4 is 64.4 Å². The minimum atomic E-state index is -6.09. The fourth-order valence-electron chi connectivity index (χ4n) is 12.8. The van der Waals surface area contributed by atoms with Gasteiger partial charge in [-0.25, -0.2) is 8.42 Å². The van der Waals surface area contributed by atoms with E-state index in [4.69, 9.17) is 53.1 Å². The number of rotatable bonds is 8. The molecule has 0 fully saturated rings. The molecule has 14 aromatic rings.